The summed E-state index contributed by atoms with van der Waals surface area (Å²) < 4.78 is 13.3. The van der Waals surface area contributed by atoms with Crippen LogP contribution in [0.5, 0.6) is 0 Å². The SMILES string of the molecule is Fc1ccc(C(CNc2nc3ccccc3[nH]2)N2CCCC2)cc1. The van der Waals surface area contributed by atoms with E-state index >= 15 is 0 Å². The Morgan fingerprint density at radius 2 is 1.83 bits per heavy atom. The number of H-pyrrole nitrogens is 1. The summed E-state index contributed by atoms with van der Waals surface area (Å²) in [6, 6.07) is 15.1. The maximum atomic E-state index is 13.3. The highest BCUT2D eigenvalue weighted by atomic mass is 19.1. The quantitative estimate of drug-likeness (QED) is 0.747. The van der Waals surface area contributed by atoms with Crippen LogP contribution in [0.2, 0.25) is 0 Å². The maximum Gasteiger partial charge on any atom is 0.201 e. The highest BCUT2D eigenvalue weighted by Gasteiger charge is 2.23. The van der Waals surface area contributed by atoms with Gasteiger partial charge < -0.3 is 10.3 Å². The lowest BCUT2D eigenvalue weighted by Gasteiger charge is -2.28. The normalized spacial score (nSPS) is 16.5. The third-order valence-corrected chi connectivity index (χ3v) is 4.69. The number of halogens is 1. The van der Waals surface area contributed by atoms with E-state index in [0.717, 1.165) is 42.2 Å². The Labute approximate surface area is 140 Å². The van der Waals surface area contributed by atoms with Crippen molar-refractivity contribution in [2.45, 2.75) is 18.9 Å². The average Bonchev–Trinajstić information content (AvgIpc) is 3.26. The van der Waals surface area contributed by atoms with Gasteiger partial charge in [0, 0.05) is 6.54 Å². The molecule has 1 aromatic heterocycles. The fraction of sp³-hybridized carbons (Fsp3) is 0.316. The third kappa shape index (κ3) is 3.12. The number of anilines is 1. The minimum atomic E-state index is -0.191. The van der Waals surface area contributed by atoms with E-state index in [1.54, 1.807) is 12.1 Å². The first-order chi connectivity index (χ1) is 11.8. The lowest BCUT2D eigenvalue weighted by atomic mass is 10.1. The molecular formula is C19H21FN4. The van der Waals surface area contributed by atoms with Crippen molar-refractivity contribution in [3.8, 4) is 0 Å². The van der Waals surface area contributed by atoms with Crippen LogP contribution < -0.4 is 5.32 Å². The molecule has 2 heterocycles. The monoisotopic (exact) mass is 324 g/mol. The molecule has 2 N–H and O–H groups in total. The van der Waals surface area contributed by atoms with E-state index in [4.69, 9.17) is 0 Å². The standard InChI is InChI=1S/C19H21FN4/c20-15-9-7-14(8-10-15)18(24-11-3-4-12-24)13-21-19-22-16-5-1-2-6-17(16)23-19/h1-2,5-10,18H,3-4,11-13H2,(H2,21,22,23). The second kappa shape index (κ2) is 6.61. The molecule has 0 bridgehead atoms. The van der Waals surface area contributed by atoms with Gasteiger partial charge in [0.05, 0.1) is 17.1 Å². The maximum absolute atomic E-state index is 13.3. The zero-order valence-corrected chi connectivity index (χ0v) is 13.5. The van der Waals surface area contributed by atoms with Gasteiger partial charge in [-0.05, 0) is 55.8 Å². The summed E-state index contributed by atoms with van der Waals surface area (Å²) >= 11 is 0. The molecule has 0 radical (unpaired) electrons. The summed E-state index contributed by atoms with van der Waals surface area (Å²) in [6.07, 6.45) is 2.45. The van der Waals surface area contributed by atoms with Crippen molar-refractivity contribution in [1.29, 1.82) is 0 Å². The fourth-order valence-corrected chi connectivity index (χ4v) is 3.43. The van der Waals surface area contributed by atoms with Gasteiger partial charge in [-0.3, -0.25) is 4.90 Å². The Bertz CT molecular complexity index is 773. The first-order valence-electron chi connectivity index (χ1n) is 8.48. The Morgan fingerprint density at radius 1 is 1.08 bits per heavy atom. The van der Waals surface area contributed by atoms with Gasteiger partial charge >= 0.3 is 0 Å². The molecule has 0 saturated carbocycles. The highest BCUT2D eigenvalue weighted by molar-refractivity contribution is 5.77. The Balaban J connectivity index is 1.53. The van der Waals surface area contributed by atoms with Crippen molar-refractivity contribution in [2.24, 2.45) is 0 Å². The largest absolute Gasteiger partial charge is 0.354 e. The van der Waals surface area contributed by atoms with Gasteiger partial charge in [0.1, 0.15) is 5.82 Å². The molecule has 1 aliphatic heterocycles. The predicted molar refractivity (Wildman–Crippen MR) is 94.5 cm³/mol. The molecule has 5 heteroatoms. The molecule has 3 aromatic rings. The van der Waals surface area contributed by atoms with Crippen LogP contribution in [0.1, 0.15) is 24.4 Å². The molecule has 0 spiro atoms. The van der Waals surface area contributed by atoms with Crippen LogP contribution in [-0.2, 0) is 0 Å². The summed E-state index contributed by atoms with van der Waals surface area (Å²) in [4.78, 5) is 10.3. The van der Waals surface area contributed by atoms with E-state index in [1.807, 2.05) is 36.4 Å². The van der Waals surface area contributed by atoms with Crippen LogP contribution in [0, 0.1) is 5.82 Å². The molecule has 124 valence electrons. The smallest absolute Gasteiger partial charge is 0.201 e. The molecule has 4 rings (SSSR count). The molecule has 4 nitrogen and oxygen atoms in total. The number of nitrogens with zero attached hydrogens (tertiary/aromatic N) is 2. The molecular weight excluding hydrogens is 303 g/mol. The van der Waals surface area contributed by atoms with Crippen LogP contribution in [0.4, 0.5) is 10.3 Å². The van der Waals surface area contributed by atoms with Crippen LogP contribution in [-0.4, -0.2) is 34.5 Å². The van der Waals surface area contributed by atoms with Gasteiger partial charge in [-0.1, -0.05) is 24.3 Å². The Kier molecular flexibility index (Phi) is 4.17. The average molecular weight is 324 g/mol. The zero-order chi connectivity index (χ0) is 16.4. The number of hydrogen-bond donors (Lipinski definition) is 2. The van der Waals surface area contributed by atoms with E-state index in [1.165, 1.54) is 12.8 Å². The number of para-hydroxylation sites is 2. The van der Waals surface area contributed by atoms with E-state index < -0.39 is 0 Å². The van der Waals surface area contributed by atoms with Gasteiger partial charge in [-0.15, -0.1) is 0 Å². The number of likely N-dealkylation sites (tertiary alicyclic amines) is 1. The number of hydrogen-bond acceptors (Lipinski definition) is 3. The second-order valence-corrected chi connectivity index (χ2v) is 6.29. The molecule has 1 saturated heterocycles. The molecule has 0 amide bonds. The number of nitrogens with one attached hydrogen (secondary N) is 2. The molecule has 1 aliphatic rings. The molecule has 1 unspecified atom stereocenters. The van der Waals surface area contributed by atoms with Crippen molar-refractivity contribution >= 4 is 17.0 Å². The van der Waals surface area contributed by atoms with Crippen molar-refractivity contribution < 1.29 is 4.39 Å². The summed E-state index contributed by atoms with van der Waals surface area (Å²) in [5, 5.41) is 3.42. The minimum absolute atomic E-state index is 0.191. The Hall–Kier alpha value is -2.40. The number of benzene rings is 2. The molecule has 0 aliphatic carbocycles. The number of imidazole rings is 1. The zero-order valence-electron chi connectivity index (χ0n) is 13.5. The van der Waals surface area contributed by atoms with Gasteiger partial charge in [-0.2, -0.15) is 0 Å². The summed E-state index contributed by atoms with van der Waals surface area (Å²) in [7, 11) is 0. The van der Waals surface area contributed by atoms with E-state index in [2.05, 4.69) is 20.2 Å². The summed E-state index contributed by atoms with van der Waals surface area (Å²) in [5.74, 6) is 0.590. The van der Waals surface area contributed by atoms with Crippen molar-refractivity contribution in [3.63, 3.8) is 0 Å². The van der Waals surface area contributed by atoms with Crippen molar-refractivity contribution in [1.82, 2.24) is 14.9 Å². The van der Waals surface area contributed by atoms with Gasteiger partial charge in [0.25, 0.3) is 0 Å². The van der Waals surface area contributed by atoms with E-state index in [9.17, 15) is 4.39 Å². The van der Waals surface area contributed by atoms with Crippen molar-refractivity contribution in [3.05, 3.63) is 59.9 Å². The first-order valence-corrected chi connectivity index (χ1v) is 8.48. The third-order valence-electron chi connectivity index (χ3n) is 4.69. The highest BCUT2D eigenvalue weighted by Crippen LogP contribution is 2.26. The number of aromatic nitrogens is 2. The first kappa shape index (κ1) is 15.1. The lowest BCUT2D eigenvalue weighted by molar-refractivity contribution is 0.255. The van der Waals surface area contributed by atoms with Crippen LogP contribution in [0.3, 0.4) is 0 Å². The lowest BCUT2D eigenvalue weighted by Crippen LogP contribution is -2.31. The molecule has 2 aromatic carbocycles. The fourth-order valence-electron chi connectivity index (χ4n) is 3.43. The number of rotatable bonds is 5. The minimum Gasteiger partial charge on any atom is -0.354 e. The van der Waals surface area contributed by atoms with Crippen LogP contribution in [0.25, 0.3) is 11.0 Å². The molecule has 24 heavy (non-hydrogen) atoms. The molecule has 1 fully saturated rings. The van der Waals surface area contributed by atoms with Crippen LogP contribution in [0.15, 0.2) is 48.5 Å². The van der Waals surface area contributed by atoms with Gasteiger partial charge in [0.2, 0.25) is 5.95 Å². The number of aromatic amines is 1. The summed E-state index contributed by atoms with van der Waals surface area (Å²) in [5.41, 5.74) is 3.13. The van der Waals surface area contributed by atoms with E-state index in [0.29, 0.717) is 0 Å². The summed E-state index contributed by atoms with van der Waals surface area (Å²) in [6.45, 7) is 2.92. The van der Waals surface area contributed by atoms with Gasteiger partial charge in [0.15, 0.2) is 0 Å². The van der Waals surface area contributed by atoms with Crippen molar-refractivity contribution in [2.75, 3.05) is 25.0 Å². The van der Waals surface area contributed by atoms with Crippen LogP contribution >= 0.6 is 0 Å². The topological polar surface area (TPSA) is 44.0 Å². The molecule has 1 atom stereocenters. The van der Waals surface area contributed by atoms with Gasteiger partial charge in [-0.25, -0.2) is 9.37 Å². The number of fused-ring (bicyclic) bond motifs is 1. The Morgan fingerprint density at radius 3 is 2.58 bits per heavy atom. The second-order valence-electron chi connectivity index (χ2n) is 6.29. The predicted octanol–water partition coefficient (Wildman–Crippen LogP) is 3.95. The van der Waals surface area contributed by atoms with E-state index in [-0.39, 0.29) is 11.9 Å².